The van der Waals surface area contributed by atoms with E-state index >= 15 is 0 Å². The quantitative estimate of drug-likeness (QED) is 0.584. The van der Waals surface area contributed by atoms with Gasteiger partial charge in [-0.15, -0.1) is 6.58 Å². The van der Waals surface area contributed by atoms with E-state index in [0.717, 1.165) is 0 Å². The molecule has 0 saturated heterocycles. The highest BCUT2D eigenvalue weighted by atomic mass is 32.2. The van der Waals surface area contributed by atoms with Crippen molar-refractivity contribution in [1.29, 1.82) is 0 Å². The number of ether oxygens (including phenoxy) is 1. The SMILES string of the molecule is C=CCCOC(C)C(=O)Nc1cccc(S(N)(=O)=O)c1. The molecule has 0 aliphatic carbocycles. The highest BCUT2D eigenvalue weighted by Crippen LogP contribution is 2.14. The molecule has 1 atom stereocenters. The van der Waals surface area contributed by atoms with E-state index in [9.17, 15) is 13.2 Å². The minimum Gasteiger partial charge on any atom is -0.368 e. The fourth-order valence-corrected chi connectivity index (χ4v) is 1.96. The number of carbonyl (C=O) groups excluding carboxylic acids is 1. The largest absolute Gasteiger partial charge is 0.368 e. The van der Waals surface area contributed by atoms with Gasteiger partial charge in [-0.3, -0.25) is 4.79 Å². The Morgan fingerprint density at radius 2 is 2.25 bits per heavy atom. The second-order valence-corrected chi connectivity index (χ2v) is 5.71. The first kappa shape index (κ1) is 16.4. The molecule has 0 aliphatic heterocycles. The van der Waals surface area contributed by atoms with Gasteiger partial charge < -0.3 is 10.1 Å². The summed E-state index contributed by atoms with van der Waals surface area (Å²) in [7, 11) is -3.79. The molecular formula is C13H18N2O4S. The number of hydrogen-bond donors (Lipinski definition) is 2. The topological polar surface area (TPSA) is 98.5 Å². The Kier molecular flexibility index (Phi) is 5.87. The first-order chi connectivity index (χ1) is 9.34. The maximum Gasteiger partial charge on any atom is 0.253 e. The molecule has 110 valence electrons. The van der Waals surface area contributed by atoms with Gasteiger partial charge in [0.15, 0.2) is 0 Å². The third-order valence-electron chi connectivity index (χ3n) is 2.49. The molecule has 0 saturated carbocycles. The normalized spacial score (nSPS) is 12.7. The van der Waals surface area contributed by atoms with E-state index < -0.39 is 16.1 Å². The first-order valence-corrected chi connectivity index (χ1v) is 7.55. The number of anilines is 1. The van der Waals surface area contributed by atoms with Crippen LogP contribution in [-0.2, 0) is 19.6 Å². The molecule has 0 aliphatic rings. The zero-order chi connectivity index (χ0) is 15.2. The number of primary sulfonamides is 1. The van der Waals surface area contributed by atoms with Gasteiger partial charge in [0.1, 0.15) is 6.10 Å². The lowest BCUT2D eigenvalue weighted by Crippen LogP contribution is -2.28. The van der Waals surface area contributed by atoms with Gasteiger partial charge in [-0.25, -0.2) is 13.6 Å². The van der Waals surface area contributed by atoms with Crippen LogP contribution in [-0.4, -0.2) is 27.0 Å². The zero-order valence-electron chi connectivity index (χ0n) is 11.2. The van der Waals surface area contributed by atoms with Crippen molar-refractivity contribution in [3.63, 3.8) is 0 Å². The van der Waals surface area contributed by atoms with Gasteiger partial charge in [0.05, 0.1) is 11.5 Å². The molecule has 0 heterocycles. The highest BCUT2D eigenvalue weighted by Gasteiger charge is 2.14. The smallest absolute Gasteiger partial charge is 0.253 e. The number of nitrogens with two attached hydrogens (primary N) is 1. The average Bonchev–Trinajstić information content (AvgIpc) is 2.38. The summed E-state index contributed by atoms with van der Waals surface area (Å²) in [5.41, 5.74) is 0.348. The number of sulfonamides is 1. The van der Waals surface area contributed by atoms with Crippen LogP contribution in [0.3, 0.4) is 0 Å². The van der Waals surface area contributed by atoms with Gasteiger partial charge in [0, 0.05) is 5.69 Å². The third-order valence-corrected chi connectivity index (χ3v) is 3.40. The lowest BCUT2D eigenvalue weighted by Gasteiger charge is -2.13. The summed E-state index contributed by atoms with van der Waals surface area (Å²) in [6.07, 6.45) is 1.70. The molecule has 1 rings (SSSR count). The molecule has 1 amide bonds. The fraction of sp³-hybridized carbons (Fsp3) is 0.308. The van der Waals surface area contributed by atoms with Crippen molar-refractivity contribution in [2.75, 3.05) is 11.9 Å². The molecule has 1 aromatic carbocycles. The molecule has 0 spiro atoms. The second-order valence-electron chi connectivity index (χ2n) is 4.15. The van der Waals surface area contributed by atoms with E-state index in [4.69, 9.17) is 9.88 Å². The van der Waals surface area contributed by atoms with E-state index in [1.807, 2.05) is 0 Å². The molecule has 3 N–H and O–H groups in total. The Morgan fingerprint density at radius 3 is 2.85 bits per heavy atom. The van der Waals surface area contributed by atoms with Crippen molar-refractivity contribution in [2.24, 2.45) is 5.14 Å². The average molecular weight is 298 g/mol. The van der Waals surface area contributed by atoms with Crippen LogP contribution in [0.1, 0.15) is 13.3 Å². The summed E-state index contributed by atoms with van der Waals surface area (Å²) in [5.74, 6) is -0.361. The van der Waals surface area contributed by atoms with Gasteiger partial charge in [0.2, 0.25) is 10.0 Å². The van der Waals surface area contributed by atoms with E-state index in [2.05, 4.69) is 11.9 Å². The van der Waals surface area contributed by atoms with Crippen LogP contribution < -0.4 is 10.5 Å². The van der Waals surface area contributed by atoms with Crippen molar-refractivity contribution >= 4 is 21.6 Å². The van der Waals surface area contributed by atoms with Crippen LogP contribution in [0.25, 0.3) is 0 Å². The predicted molar refractivity (Wildman–Crippen MR) is 76.7 cm³/mol. The van der Waals surface area contributed by atoms with E-state index in [-0.39, 0.29) is 10.8 Å². The van der Waals surface area contributed by atoms with Crippen LogP contribution >= 0.6 is 0 Å². The van der Waals surface area contributed by atoms with Gasteiger partial charge in [-0.05, 0) is 31.5 Å². The number of rotatable bonds is 7. The van der Waals surface area contributed by atoms with Gasteiger partial charge in [-0.1, -0.05) is 12.1 Å². The van der Waals surface area contributed by atoms with Crippen LogP contribution in [0.15, 0.2) is 41.8 Å². The Hall–Kier alpha value is -1.70. The van der Waals surface area contributed by atoms with Crippen molar-refractivity contribution < 1.29 is 17.9 Å². The van der Waals surface area contributed by atoms with Crippen LogP contribution in [0, 0.1) is 0 Å². The lowest BCUT2D eigenvalue weighted by molar-refractivity contribution is -0.126. The highest BCUT2D eigenvalue weighted by molar-refractivity contribution is 7.89. The summed E-state index contributed by atoms with van der Waals surface area (Å²) in [5, 5.41) is 7.59. The van der Waals surface area contributed by atoms with Gasteiger partial charge >= 0.3 is 0 Å². The van der Waals surface area contributed by atoms with Crippen LogP contribution in [0.4, 0.5) is 5.69 Å². The second kappa shape index (κ2) is 7.18. The predicted octanol–water partition coefficient (Wildman–Crippen LogP) is 1.25. The van der Waals surface area contributed by atoms with Crippen molar-refractivity contribution in [3.8, 4) is 0 Å². The van der Waals surface area contributed by atoms with Crippen LogP contribution in [0.2, 0.25) is 0 Å². The number of hydrogen-bond acceptors (Lipinski definition) is 4. The molecule has 20 heavy (non-hydrogen) atoms. The van der Waals surface area contributed by atoms with Gasteiger partial charge in [0.25, 0.3) is 5.91 Å². The van der Waals surface area contributed by atoms with Crippen molar-refractivity contribution in [2.45, 2.75) is 24.3 Å². The molecular weight excluding hydrogens is 280 g/mol. The van der Waals surface area contributed by atoms with Gasteiger partial charge in [-0.2, -0.15) is 0 Å². The Balaban J connectivity index is 2.69. The van der Waals surface area contributed by atoms with Crippen molar-refractivity contribution in [1.82, 2.24) is 0 Å². The molecule has 1 aromatic rings. The molecule has 0 fully saturated rings. The monoisotopic (exact) mass is 298 g/mol. The van der Waals surface area contributed by atoms with Crippen molar-refractivity contribution in [3.05, 3.63) is 36.9 Å². The zero-order valence-corrected chi connectivity index (χ0v) is 12.0. The maximum absolute atomic E-state index is 11.8. The van der Waals surface area contributed by atoms with E-state index in [0.29, 0.717) is 18.7 Å². The molecule has 0 aromatic heterocycles. The Labute approximate surface area is 118 Å². The summed E-state index contributed by atoms with van der Waals surface area (Å²) in [6, 6.07) is 5.72. The number of nitrogens with one attached hydrogen (secondary N) is 1. The fourth-order valence-electron chi connectivity index (χ4n) is 1.40. The Bertz CT molecular complexity index is 584. The molecule has 7 heteroatoms. The first-order valence-electron chi connectivity index (χ1n) is 6.01. The summed E-state index contributed by atoms with van der Waals surface area (Å²) in [6.45, 7) is 5.56. The third kappa shape index (κ3) is 5.12. The maximum atomic E-state index is 11.8. The lowest BCUT2D eigenvalue weighted by atomic mass is 10.3. The number of benzene rings is 1. The molecule has 6 nitrogen and oxygen atoms in total. The summed E-state index contributed by atoms with van der Waals surface area (Å²) < 4.78 is 27.7. The molecule has 0 radical (unpaired) electrons. The number of amides is 1. The Morgan fingerprint density at radius 1 is 1.55 bits per heavy atom. The molecule has 0 bridgehead atoms. The standard InChI is InChI=1S/C13H18N2O4S/c1-3-4-8-19-10(2)13(16)15-11-6-5-7-12(9-11)20(14,17)18/h3,5-7,9-10H,1,4,8H2,2H3,(H,15,16)(H2,14,17,18). The summed E-state index contributed by atoms with van der Waals surface area (Å²) >= 11 is 0. The minimum absolute atomic E-state index is 0.0597. The summed E-state index contributed by atoms with van der Waals surface area (Å²) in [4.78, 5) is 11.8. The minimum atomic E-state index is -3.79. The molecule has 1 unspecified atom stereocenters. The van der Waals surface area contributed by atoms with E-state index in [1.165, 1.54) is 18.2 Å². The van der Waals surface area contributed by atoms with E-state index in [1.54, 1.807) is 19.1 Å². The van der Waals surface area contributed by atoms with Crippen LogP contribution in [0.5, 0.6) is 0 Å². The number of carbonyl (C=O) groups is 1.